The van der Waals surface area contributed by atoms with Gasteiger partial charge in [0.15, 0.2) is 5.78 Å². The highest BCUT2D eigenvalue weighted by Crippen LogP contribution is 2.35. The molecular weight excluding hydrogens is 202 g/mol. The molecule has 0 atom stereocenters. The molecule has 0 aliphatic heterocycles. The second-order valence-electron chi connectivity index (χ2n) is 5.14. The van der Waals surface area contributed by atoms with Crippen LogP contribution in [0.2, 0.25) is 0 Å². The van der Waals surface area contributed by atoms with Gasteiger partial charge in [0, 0.05) is 12.8 Å². The zero-order chi connectivity index (χ0) is 11.9. The lowest BCUT2D eigenvalue weighted by atomic mass is 9.76. The summed E-state index contributed by atoms with van der Waals surface area (Å²) in [6, 6.07) is 0. The van der Waals surface area contributed by atoms with Crippen molar-refractivity contribution >= 4 is 11.6 Å². The fraction of sp³-hybridized carbons (Fsp3) is 0.583. The summed E-state index contributed by atoms with van der Waals surface area (Å²) in [6.45, 7) is 6.15. The number of ketones is 1. The molecule has 1 heterocycles. The van der Waals surface area contributed by atoms with Crippen LogP contribution in [0.1, 0.15) is 49.1 Å². The highest BCUT2D eigenvalue weighted by Gasteiger charge is 2.33. The van der Waals surface area contributed by atoms with Crippen molar-refractivity contribution in [1.82, 2.24) is 9.97 Å². The zero-order valence-corrected chi connectivity index (χ0v) is 10.0. The summed E-state index contributed by atoms with van der Waals surface area (Å²) in [5, 5.41) is 0. The molecule has 1 aliphatic carbocycles. The van der Waals surface area contributed by atoms with Gasteiger partial charge >= 0.3 is 0 Å². The molecule has 1 aromatic heterocycles. The highest BCUT2D eigenvalue weighted by molar-refractivity contribution is 6.02. The summed E-state index contributed by atoms with van der Waals surface area (Å²) < 4.78 is 0. The summed E-state index contributed by atoms with van der Waals surface area (Å²) in [4.78, 5) is 20.5. The first-order valence-electron chi connectivity index (χ1n) is 5.61. The minimum atomic E-state index is -0.0180. The first-order chi connectivity index (χ1) is 7.43. The Balaban J connectivity index is 2.56. The van der Waals surface area contributed by atoms with Gasteiger partial charge < -0.3 is 5.73 Å². The van der Waals surface area contributed by atoms with Crippen molar-refractivity contribution in [3.8, 4) is 0 Å². The number of hydrogen-bond donors (Lipinski definition) is 1. The number of nitrogen functional groups attached to an aromatic ring is 1. The van der Waals surface area contributed by atoms with E-state index in [1.165, 1.54) is 0 Å². The lowest BCUT2D eigenvalue weighted by molar-refractivity contribution is 0.0911. The Bertz CT molecular complexity index is 452. The number of carbonyl (C=O) groups excluding carboxylic acids is 1. The van der Waals surface area contributed by atoms with Crippen molar-refractivity contribution in [2.75, 3.05) is 5.73 Å². The smallest absolute Gasteiger partial charge is 0.168 e. The van der Waals surface area contributed by atoms with Crippen LogP contribution < -0.4 is 5.73 Å². The topological polar surface area (TPSA) is 68.9 Å². The molecule has 4 heteroatoms. The largest absolute Gasteiger partial charge is 0.383 e. The van der Waals surface area contributed by atoms with Crippen LogP contribution in [0.5, 0.6) is 0 Å². The van der Waals surface area contributed by atoms with Gasteiger partial charge in [0.05, 0.1) is 11.3 Å². The SMILES string of the molecule is CCc1nc(N)c2c(n1)CC(C)(C)CC2=O. The number of nitrogens with two attached hydrogens (primary N) is 1. The van der Waals surface area contributed by atoms with Crippen molar-refractivity contribution < 1.29 is 4.79 Å². The molecule has 4 nitrogen and oxygen atoms in total. The number of carbonyl (C=O) groups is 1. The van der Waals surface area contributed by atoms with Crippen molar-refractivity contribution in [3.05, 3.63) is 17.1 Å². The van der Waals surface area contributed by atoms with Crippen LogP contribution in [0.25, 0.3) is 0 Å². The maximum absolute atomic E-state index is 12.0. The summed E-state index contributed by atoms with van der Waals surface area (Å²) >= 11 is 0. The molecule has 0 amide bonds. The van der Waals surface area contributed by atoms with Gasteiger partial charge in [-0.15, -0.1) is 0 Å². The van der Waals surface area contributed by atoms with Crippen molar-refractivity contribution in [3.63, 3.8) is 0 Å². The normalized spacial score (nSPS) is 18.3. The maximum Gasteiger partial charge on any atom is 0.168 e. The Morgan fingerprint density at radius 3 is 2.62 bits per heavy atom. The third-order valence-corrected chi connectivity index (χ3v) is 2.94. The number of nitrogens with zero attached hydrogens (tertiary/aromatic N) is 2. The molecule has 2 N–H and O–H groups in total. The molecule has 0 radical (unpaired) electrons. The van der Waals surface area contributed by atoms with Crippen LogP contribution in [0.4, 0.5) is 5.82 Å². The van der Waals surface area contributed by atoms with Gasteiger partial charge in [-0.1, -0.05) is 20.8 Å². The molecule has 86 valence electrons. The van der Waals surface area contributed by atoms with Gasteiger partial charge in [-0.2, -0.15) is 0 Å². The quantitative estimate of drug-likeness (QED) is 0.781. The highest BCUT2D eigenvalue weighted by atomic mass is 16.1. The van der Waals surface area contributed by atoms with E-state index in [1.54, 1.807) is 0 Å². The minimum Gasteiger partial charge on any atom is -0.383 e. The van der Waals surface area contributed by atoms with Crippen LogP contribution in [0.15, 0.2) is 0 Å². The van der Waals surface area contributed by atoms with E-state index in [-0.39, 0.29) is 11.2 Å². The average Bonchev–Trinajstić information content (AvgIpc) is 2.13. The van der Waals surface area contributed by atoms with Crippen LogP contribution in [0, 0.1) is 5.41 Å². The summed E-state index contributed by atoms with van der Waals surface area (Å²) in [5.74, 6) is 1.15. The molecule has 16 heavy (non-hydrogen) atoms. The average molecular weight is 219 g/mol. The zero-order valence-electron chi connectivity index (χ0n) is 10.0. The fourth-order valence-corrected chi connectivity index (χ4v) is 2.21. The Morgan fingerprint density at radius 2 is 2.00 bits per heavy atom. The van der Waals surface area contributed by atoms with Gasteiger partial charge in [0.2, 0.25) is 0 Å². The molecule has 0 aromatic carbocycles. The molecule has 0 fully saturated rings. The number of hydrogen-bond acceptors (Lipinski definition) is 4. The van der Waals surface area contributed by atoms with Gasteiger partial charge in [-0.25, -0.2) is 9.97 Å². The van der Waals surface area contributed by atoms with E-state index >= 15 is 0 Å². The van der Waals surface area contributed by atoms with Gasteiger partial charge in [0.25, 0.3) is 0 Å². The Labute approximate surface area is 95.3 Å². The lowest BCUT2D eigenvalue weighted by Crippen LogP contribution is -2.29. The van der Waals surface area contributed by atoms with Crippen LogP contribution in [-0.4, -0.2) is 15.8 Å². The van der Waals surface area contributed by atoms with Crippen molar-refractivity contribution in [2.24, 2.45) is 5.41 Å². The van der Waals surface area contributed by atoms with E-state index in [1.807, 2.05) is 6.92 Å². The second-order valence-corrected chi connectivity index (χ2v) is 5.14. The van der Waals surface area contributed by atoms with Crippen LogP contribution in [-0.2, 0) is 12.8 Å². The molecule has 0 saturated heterocycles. The molecular formula is C12H17N3O. The Hall–Kier alpha value is -1.45. The fourth-order valence-electron chi connectivity index (χ4n) is 2.21. The number of rotatable bonds is 1. The maximum atomic E-state index is 12.0. The Kier molecular flexibility index (Phi) is 2.45. The number of Topliss-reactive ketones (excluding diaryl/α,β-unsaturated/α-hetero) is 1. The lowest BCUT2D eigenvalue weighted by Gasteiger charge is -2.29. The van der Waals surface area contributed by atoms with Gasteiger partial charge in [-0.3, -0.25) is 4.79 Å². The molecule has 0 saturated carbocycles. The third kappa shape index (κ3) is 1.79. The monoisotopic (exact) mass is 219 g/mol. The van der Waals surface area contributed by atoms with Crippen LogP contribution >= 0.6 is 0 Å². The minimum absolute atomic E-state index is 0.0180. The third-order valence-electron chi connectivity index (χ3n) is 2.94. The van der Waals surface area contributed by atoms with E-state index in [0.29, 0.717) is 17.8 Å². The van der Waals surface area contributed by atoms with Gasteiger partial charge in [-0.05, 0) is 11.8 Å². The predicted octanol–water partition coefficient (Wildman–Crippen LogP) is 1.78. The summed E-state index contributed by atoms with van der Waals surface area (Å²) in [7, 11) is 0. The summed E-state index contributed by atoms with van der Waals surface area (Å²) in [5.41, 5.74) is 7.18. The van der Waals surface area contributed by atoms with E-state index in [4.69, 9.17) is 5.73 Å². The first-order valence-corrected chi connectivity index (χ1v) is 5.61. The van der Waals surface area contributed by atoms with E-state index in [2.05, 4.69) is 23.8 Å². The molecule has 1 aromatic rings. The second kappa shape index (κ2) is 3.54. The number of fused-ring (bicyclic) bond motifs is 1. The number of anilines is 1. The summed E-state index contributed by atoms with van der Waals surface area (Å²) in [6.07, 6.45) is 2.07. The van der Waals surface area contributed by atoms with Crippen LogP contribution in [0.3, 0.4) is 0 Å². The molecule has 1 aliphatic rings. The first kappa shape index (κ1) is 11.0. The molecule has 0 spiro atoms. The van der Waals surface area contributed by atoms with E-state index in [9.17, 15) is 4.79 Å². The standard InChI is InChI=1S/C12H17N3O/c1-4-9-14-7-5-12(2,3)6-8(16)10(7)11(13)15-9/h4-6H2,1-3H3,(H2,13,14,15). The number of aryl methyl sites for hydroxylation is 1. The van der Waals surface area contributed by atoms with Gasteiger partial charge in [0.1, 0.15) is 11.6 Å². The van der Waals surface area contributed by atoms with E-state index in [0.717, 1.165) is 24.4 Å². The molecule has 0 unspecified atom stereocenters. The predicted molar refractivity (Wildman–Crippen MR) is 62.3 cm³/mol. The Morgan fingerprint density at radius 1 is 1.31 bits per heavy atom. The van der Waals surface area contributed by atoms with E-state index < -0.39 is 0 Å². The molecule has 0 bridgehead atoms. The van der Waals surface area contributed by atoms with Crippen molar-refractivity contribution in [2.45, 2.75) is 40.0 Å². The molecule has 2 rings (SSSR count). The number of aromatic nitrogens is 2. The van der Waals surface area contributed by atoms with Crippen molar-refractivity contribution in [1.29, 1.82) is 0 Å².